The van der Waals surface area contributed by atoms with Crippen LogP contribution in [0.25, 0.3) is 11.0 Å². The minimum atomic E-state index is 0.0993. The summed E-state index contributed by atoms with van der Waals surface area (Å²) in [5, 5.41) is 5.35. The van der Waals surface area contributed by atoms with Gasteiger partial charge in [-0.15, -0.1) is 0 Å². The number of anilines is 1. The number of hydrogen-bond donors (Lipinski definition) is 1. The molecular weight excluding hydrogens is 270 g/mol. The Balaban J connectivity index is 1.86. The predicted molar refractivity (Wildman–Crippen MR) is 84.4 cm³/mol. The van der Waals surface area contributed by atoms with E-state index in [4.69, 9.17) is 16.0 Å². The molecule has 0 amide bonds. The van der Waals surface area contributed by atoms with E-state index < -0.39 is 0 Å². The molecule has 1 N–H and O–H groups in total. The molecule has 1 aromatic heterocycles. The highest BCUT2D eigenvalue weighted by atomic mass is 35.5. The molecular formula is C17H16ClNO. The molecule has 1 heterocycles. The molecule has 0 saturated heterocycles. The molecule has 20 heavy (non-hydrogen) atoms. The fourth-order valence-corrected chi connectivity index (χ4v) is 2.54. The van der Waals surface area contributed by atoms with Crippen molar-refractivity contribution in [2.45, 2.75) is 19.9 Å². The smallest absolute Gasteiger partial charge is 0.134 e. The zero-order valence-corrected chi connectivity index (χ0v) is 12.2. The van der Waals surface area contributed by atoms with Crippen molar-refractivity contribution >= 4 is 28.3 Å². The highest BCUT2D eigenvalue weighted by Gasteiger charge is 2.12. The van der Waals surface area contributed by atoms with Crippen LogP contribution in [0.3, 0.4) is 0 Å². The number of rotatable bonds is 3. The summed E-state index contributed by atoms with van der Waals surface area (Å²) in [6.07, 6.45) is 0. The SMILES string of the molecule is Cc1cc(Cl)ccc1NC(C)c1cc2ccccc2o1. The summed E-state index contributed by atoms with van der Waals surface area (Å²) >= 11 is 5.98. The summed E-state index contributed by atoms with van der Waals surface area (Å²) in [4.78, 5) is 0. The lowest BCUT2D eigenvalue weighted by Crippen LogP contribution is -2.06. The van der Waals surface area contributed by atoms with Crippen LogP contribution in [0.5, 0.6) is 0 Å². The Bertz CT molecular complexity index is 715. The van der Waals surface area contributed by atoms with E-state index in [1.807, 2.05) is 43.3 Å². The molecule has 2 nitrogen and oxygen atoms in total. The van der Waals surface area contributed by atoms with Crippen LogP contribution >= 0.6 is 11.6 Å². The molecule has 3 rings (SSSR count). The first kappa shape index (κ1) is 13.1. The summed E-state index contributed by atoms with van der Waals surface area (Å²) in [5.74, 6) is 0.931. The van der Waals surface area contributed by atoms with Gasteiger partial charge in [0.15, 0.2) is 0 Å². The number of furan rings is 1. The van der Waals surface area contributed by atoms with E-state index in [1.165, 1.54) is 0 Å². The standard InChI is InChI=1S/C17H16ClNO/c1-11-9-14(18)7-8-15(11)19-12(2)17-10-13-5-3-4-6-16(13)20-17/h3-10,12,19H,1-2H3. The predicted octanol–water partition coefficient (Wildman–Crippen LogP) is 5.57. The third-order valence-electron chi connectivity index (χ3n) is 3.43. The van der Waals surface area contributed by atoms with Crippen molar-refractivity contribution in [1.82, 2.24) is 0 Å². The Hall–Kier alpha value is -1.93. The molecule has 0 saturated carbocycles. The Morgan fingerprint density at radius 3 is 2.65 bits per heavy atom. The fourth-order valence-electron chi connectivity index (χ4n) is 2.31. The van der Waals surface area contributed by atoms with Gasteiger partial charge in [-0.1, -0.05) is 29.8 Å². The van der Waals surface area contributed by atoms with Crippen molar-refractivity contribution < 1.29 is 4.42 Å². The second-order valence-corrected chi connectivity index (χ2v) is 5.45. The molecule has 102 valence electrons. The van der Waals surface area contributed by atoms with E-state index in [2.05, 4.69) is 24.4 Å². The highest BCUT2D eigenvalue weighted by molar-refractivity contribution is 6.30. The third kappa shape index (κ3) is 2.52. The molecule has 3 heteroatoms. The van der Waals surface area contributed by atoms with E-state index in [0.29, 0.717) is 0 Å². The van der Waals surface area contributed by atoms with Gasteiger partial charge < -0.3 is 9.73 Å². The van der Waals surface area contributed by atoms with Crippen molar-refractivity contribution in [3.05, 3.63) is 64.9 Å². The number of hydrogen-bond acceptors (Lipinski definition) is 2. The molecule has 0 aliphatic heterocycles. The quantitative estimate of drug-likeness (QED) is 0.681. The van der Waals surface area contributed by atoms with Crippen molar-refractivity contribution in [1.29, 1.82) is 0 Å². The number of para-hydroxylation sites is 1. The highest BCUT2D eigenvalue weighted by Crippen LogP contribution is 2.28. The molecule has 2 aromatic carbocycles. The van der Waals surface area contributed by atoms with Gasteiger partial charge in [-0.2, -0.15) is 0 Å². The Morgan fingerprint density at radius 1 is 1.10 bits per heavy atom. The maximum absolute atomic E-state index is 5.98. The summed E-state index contributed by atoms with van der Waals surface area (Å²) < 4.78 is 5.88. The maximum Gasteiger partial charge on any atom is 0.134 e. The lowest BCUT2D eigenvalue weighted by atomic mass is 10.1. The largest absolute Gasteiger partial charge is 0.459 e. The van der Waals surface area contributed by atoms with Gasteiger partial charge in [-0.05, 0) is 49.7 Å². The Morgan fingerprint density at radius 2 is 1.90 bits per heavy atom. The lowest BCUT2D eigenvalue weighted by molar-refractivity contribution is 0.526. The lowest BCUT2D eigenvalue weighted by Gasteiger charge is -2.15. The molecule has 0 aliphatic rings. The van der Waals surface area contributed by atoms with E-state index in [-0.39, 0.29) is 6.04 Å². The zero-order chi connectivity index (χ0) is 14.1. The van der Waals surface area contributed by atoms with E-state index in [0.717, 1.165) is 33.0 Å². The average molecular weight is 286 g/mol. The van der Waals surface area contributed by atoms with Crippen LogP contribution in [0, 0.1) is 6.92 Å². The number of benzene rings is 2. The van der Waals surface area contributed by atoms with Crippen molar-refractivity contribution in [2.75, 3.05) is 5.32 Å². The van der Waals surface area contributed by atoms with Crippen LogP contribution in [0.1, 0.15) is 24.3 Å². The van der Waals surface area contributed by atoms with E-state index in [9.17, 15) is 0 Å². The van der Waals surface area contributed by atoms with Crippen LogP contribution in [0.2, 0.25) is 5.02 Å². The van der Waals surface area contributed by atoms with E-state index >= 15 is 0 Å². The van der Waals surface area contributed by atoms with Crippen LogP contribution < -0.4 is 5.32 Å². The summed E-state index contributed by atoms with van der Waals surface area (Å²) in [6, 6.07) is 16.1. The number of halogens is 1. The topological polar surface area (TPSA) is 25.2 Å². The first-order valence-electron chi connectivity index (χ1n) is 6.64. The van der Waals surface area contributed by atoms with Crippen LogP contribution in [0.15, 0.2) is 52.9 Å². The minimum Gasteiger partial charge on any atom is -0.459 e. The number of fused-ring (bicyclic) bond motifs is 1. The van der Waals surface area contributed by atoms with Crippen LogP contribution in [-0.4, -0.2) is 0 Å². The van der Waals surface area contributed by atoms with Gasteiger partial charge in [-0.3, -0.25) is 0 Å². The minimum absolute atomic E-state index is 0.0993. The normalized spacial score (nSPS) is 12.6. The van der Waals surface area contributed by atoms with Crippen molar-refractivity contribution in [3.63, 3.8) is 0 Å². The second-order valence-electron chi connectivity index (χ2n) is 5.01. The first-order chi connectivity index (χ1) is 9.63. The van der Waals surface area contributed by atoms with Gasteiger partial charge in [0.25, 0.3) is 0 Å². The third-order valence-corrected chi connectivity index (χ3v) is 3.67. The van der Waals surface area contributed by atoms with Gasteiger partial charge in [0.2, 0.25) is 0 Å². The van der Waals surface area contributed by atoms with Crippen molar-refractivity contribution in [2.24, 2.45) is 0 Å². The second kappa shape index (κ2) is 5.22. The summed E-state index contributed by atoms with van der Waals surface area (Å²) in [5.41, 5.74) is 3.12. The van der Waals surface area contributed by atoms with Gasteiger partial charge >= 0.3 is 0 Å². The summed E-state index contributed by atoms with van der Waals surface area (Å²) in [7, 11) is 0. The monoisotopic (exact) mass is 285 g/mol. The molecule has 0 fully saturated rings. The number of aryl methyl sites for hydroxylation is 1. The van der Waals surface area contributed by atoms with Crippen molar-refractivity contribution in [3.8, 4) is 0 Å². The summed E-state index contributed by atoms with van der Waals surface area (Å²) in [6.45, 7) is 4.13. The van der Waals surface area contributed by atoms with Gasteiger partial charge in [0, 0.05) is 16.1 Å². The molecule has 1 atom stereocenters. The Kier molecular flexibility index (Phi) is 3.41. The van der Waals surface area contributed by atoms with Crippen LogP contribution in [0.4, 0.5) is 5.69 Å². The molecule has 0 bridgehead atoms. The number of nitrogens with one attached hydrogen (secondary N) is 1. The average Bonchev–Trinajstić information content (AvgIpc) is 2.86. The molecule has 3 aromatic rings. The zero-order valence-electron chi connectivity index (χ0n) is 11.5. The molecule has 0 radical (unpaired) electrons. The van der Waals surface area contributed by atoms with Gasteiger partial charge in [-0.25, -0.2) is 0 Å². The molecule has 0 aliphatic carbocycles. The molecule has 1 unspecified atom stereocenters. The first-order valence-corrected chi connectivity index (χ1v) is 7.02. The van der Waals surface area contributed by atoms with Gasteiger partial charge in [0.1, 0.15) is 11.3 Å². The fraction of sp³-hybridized carbons (Fsp3) is 0.176. The maximum atomic E-state index is 5.98. The van der Waals surface area contributed by atoms with Gasteiger partial charge in [0.05, 0.1) is 6.04 Å². The molecule has 0 spiro atoms. The Labute approximate surface area is 123 Å². The van der Waals surface area contributed by atoms with Crippen LogP contribution in [-0.2, 0) is 0 Å². The van der Waals surface area contributed by atoms with E-state index in [1.54, 1.807) is 0 Å².